The van der Waals surface area contributed by atoms with Gasteiger partial charge in [0.05, 0.1) is 0 Å². The summed E-state index contributed by atoms with van der Waals surface area (Å²) in [4.78, 5) is 0. The van der Waals surface area contributed by atoms with Crippen LogP contribution in [0, 0.1) is 0 Å². The van der Waals surface area contributed by atoms with E-state index in [2.05, 4.69) is 111 Å². The van der Waals surface area contributed by atoms with Crippen molar-refractivity contribution in [3.8, 4) is 22.3 Å². The van der Waals surface area contributed by atoms with Gasteiger partial charge in [0.2, 0.25) is 0 Å². The van der Waals surface area contributed by atoms with Gasteiger partial charge in [-0.05, 0) is 64.4 Å². The maximum atomic E-state index is 4.25. The molecule has 0 aromatic heterocycles. The van der Waals surface area contributed by atoms with E-state index in [0.29, 0.717) is 0 Å². The van der Waals surface area contributed by atoms with Crippen molar-refractivity contribution in [2.24, 2.45) is 0 Å². The predicted octanol–water partition coefficient (Wildman–Crippen LogP) is 10.8. The molecule has 0 heteroatoms. The summed E-state index contributed by atoms with van der Waals surface area (Å²) in [6.07, 6.45) is 12.0. The molecule has 176 valence electrons. The fourth-order valence-corrected chi connectivity index (χ4v) is 3.55. The maximum Gasteiger partial charge on any atom is -0.0105 e. The molecule has 0 heterocycles. The minimum absolute atomic E-state index is 0.974. The van der Waals surface area contributed by atoms with E-state index in [9.17, 15) is 0 Å². The number of rotatable bonds is 7. The summed E-state index contributed by atoms with van der Waals surface area (Å²) in [6.45, 7) is 20.2. The van der Waals surface area contributed by atoms with E-state index in [4.69, 9.17) is 0 Å². The molecular formula is C34H40. The third-order valence-corrected chi connectivity index (χ3v) is 5.08. The first-order chi connectivity index (χ1) is 16.7. The van der Waals surface area contributed by atoms with Crippen LogP contribution < -0.4 is 0 Å². The molecule has 0 aliphatic rings. The second-order valence-corrected chi connectivity index (χ2v) is 7.17. The number of allylic oxidation sites excluding steroid dienone is 8. The number of benzene rings is 3. The molecule has 3 rings (SSSR count). The van der Waals surface area contributed by atoms with Crippen molar-refractivity contribution in [1.82, 2.24) is 0 Å². The Morgan fingerprint density at radius 1 is 0.706 bits per heavy atom. The Labute approximate surface area is 208 Å². The van der Waals surface area contributed by atoms with E-state index in [-0.39, 0.29) is 0 Å². The van der Waals surface area contributed by atoms with Gasteiger partial charge in [-0.2, -0.15) is 0 Å². The normalized spacial score (nSPS) is 10.8. The largest absolute Gasteiger partial charge is 0.0991 e. The van der Waals surface area contributed by atoms with Crippen molar-refractivity contribution in [1.29, 1.82) is 0 Å². The van der Waals surface area contributed by atoms with Gasteiger partial charge >= 0.3 is 0 Å². The Bertz CT molecular complexity index is 1140. The fourth-order valence-electron chi connectivity index (χ4n) is 3.55. The Morgan fingerprint density at radius 2 is 1.24 bits per heavy atom. The van der Waals surface area contributed by atoms with Crippen LogP contribution in [0.15, 0.2) is 122 Å². The summed E-state index contributed by atoms with van der Waals surface area (Å²) >= 11 is 0. The monoisotopic (exact) mass is 448 g/mol. The minimum Gasteiger partial charge on any atom is -0.0991 e. The lowest BCUT2D eigenvalue weighted by molar-refractivity contribution is 1.50. The first-order valence-electron chi connectivity index (χ1n) is 12.2. The third-order valence-electron chi connectivity index (χ3n) is 5.08. The third kappa shape index (κ3) is 7.74. The maximum absolute atomic E-state index is 4.25. The van der Waals surface area contributed by atoms with Gasteiger partial charge in [-0.15, -0.1) is 0 Å². The lowest BCUT2D eigenvalue weighted by Crippen LogP contribution is -1.90. The Balaban J connectivity index is 0.00000137. The van der Waals surface area contributed by atoms with Crippen molar-refractivity contribution < 1.29 is 0 Å². The summed E-state index contributed by atoms with van der Waals surface area (Å²) < 4.78 is 0. The molecule has 0 N–H and O–H groups in total. The van der Waals surface area contributed by atoms with Crippen molar-refractivity contribution >= 4 is 11.1 Å². The van der Waals surface area contributed by atoms with Crippen LogP contribution in [0.1, 0.15) is 52.7 Å². The average Bonchev–Trinajstić information content (AvgIpc) is 2.92. The molecule has 0 atom stereocenters. The second kappa shape index (κ2) is 16.0. The smallest absolute Gasteiger partial charge is 0.0105 e. The first-order valence-corrected chi connectivity index (χ1v) is 12.2. The summed E-state index contributed by atoms with van der Waals surface area (Å²) in [5.74, 6) is 0. The molecule has 0 unspecified atom stereocenters. The molecule has 0 bridgehead atoms. The molecule has 0 nitrogen and oxygen atoms in total. The molecule has 0 spiro atoms. The van der Waals surface area contributed by atoms with E-state index in [0.717, 1.165) is 11.1 Å². The first kappa shape index (κ1) is 28.4. The van der Waals surface area contributed by atoms with Crippen molar-refractivity contribution in [3.05, 3.63) is 134 Å². The SMILES string of the molecule is C=C/C=C\C(=C)c1ccccc1-c1cccc(-c2ccccc2/C(C)=C/C=C\C)c1.CC.CC. The standard InChI is InChI=1S/C30H28.2C2H6/c1-5-7-14-23(3)27-18-9-11-20-29(27)25-16-13-17-26(22-25)30-21-12-10-19-28(30)24(4)15-8-6-2;2*1-2/h5-22H,1,3H2,2,4H3;2*1-2H3/b8-6-,14-7-,24-15+;;. The molecule has 3 aromatic rings. The van der Waals surface area contributed by atoms with Crippen LogP contribution in [0.3, 0.4) is 0 Å². The Hall–Kier alpha value is -3.64. The number of hydrogen-bond donors (Lipinski definition) is 0. The van der Waals surface area contributed by atoms with Gasteiger partial charge in [0, 0.05) is 0 Å². The van der Waals surface area contributed by atoms with E-state index < -0.39 is 0 Å². The Morgan fingerprint density at radius 3 is 1.79 bits per heavy atom. The van der Waals surface area contributed by atoms with Gasteiger partial charge < -0.3 is 0 Å². The second-order valence-electron chi connectivity index (χ2n) is 7.17. The van der Waals surface area contributed by atoms with Crippen LogP contribution >= 0.6 is 0 Å². The highest BCUT2D eigenvalue weighted by molar-refractivity contribution is 5.87. The summed E-state index contributed by atoms with van der Waals surface area (Å²) in [6, 6.07) is 25.7. The van der Waals surface area contributed by atoms with Crippen LogP contribution in [0.25, 0.3) is 33.4 Å². The lowest BCUT2D eigenvalue weighted by Gasteiger charge is -2.14. The molecule has 0 aliphatic carbocycles. The summed E-state index contributed by atoms with van der Waals surface area (Å²) in [5, 5.41) is 0. The van der Waals surface area contributed by atoms with Crippen LogP contribution in [-0.2, 0) is 0 Å². The molecule has 0 saturated carbocycles. The van der Waals surface area contributed by atoms with Crippen LogP contribution in [-0.4, -0.2) is 0 Å². The topological polar surface area (TPSA) is 0 Å². The molecule has 34 heavy (non-hydrogen) atoms. The van der Waals surface area contributed by atoms with Crippen molar-refractivity contribution in [2.45, 2.75) is 41.5 Å². The fraction of sp³-hybridized carbons (Fsp3) is 0.176. The highest BCUT2D eigenvalue weighted by atomic mass is 14.1. The van der Waals surface area contributed by atoms with Gasteiger partial charge in [-0.25, -0.2) is 0 Å². The van der Waals surface area contributed by atoms with Crippen molar-refractivity contribution in [3.63, 3.8) is 0 Å². The molecule has 0 saturated heterocycles. The van der Waals surface area contributed by atoms with Crippen LogP contribution in [0.5, 0.6) is 0 Å². The highest BCUT2D eigenvalue weighted by Gasteiger charge is 2.10. The highest BCUT2D eigenvalue weighted by Crippen LogP contribution is 2.34. The quantitative estimate of drug-likeness (QED) is 0.315. The molecule has 0 aliphatic heterocycles. The molecule has 0 amide bonds. The zero-order valence-electron chi connectivity index (χ0n) is 21.8. The average molecular weight is 449 g/mol. The molecular weight excluding hydrogens is 408 g/mol. The van der Waals surface area contributed by atoms with Crippen LogP contribution in [0.4, 0.5) is 0 Å². The van der Waals surface area contributed by atoms with E-state index >= 15 is 0 Å². The summed E-state index contributed by atoms with van der Waals surface area (Å²) in [7, 11) is 0. The molecule has 3 aromatic carbocycles. The van der Waals surface area contributed by atoms with E-state index in [1.165, 1.54) is 33.4 Å². The van der Waals surface area contributed by atoms with Gasteiger partial charge in [0.1, 0.15) is 0 Å². The molecule has 0 radical (unpaired) electrons. The van der Waals surface area contributed by atoms with Gasteiger partial charge in [-0.1, -0.05) is 144 Å². The summed E-state index contributed by atoms with van der Waals surface area (Å²) in [5.41, 5.74) is 9.40. The van der Waals surface area contributed by atoms with Gasteiger partial charge in [0.15, 0.2) is 0 Å². The lowest BCUT2D eigenvalue weighted by atomic mass is 9.90. The predicted molar refractivity (Wildman–Crippen MR) is 157 cm³/mol. The van der Waals surface area contributed by atoms with Gasteiger partial charge in [0.25, 0.3) is 0 Å². The molecule has 0 fully saturated rings. The Kier molecular flexibility index (Phi) is 13.4. The zero-order chi connectivity index (χ0) is 25.3. The van der Waals surface area contributed by atoms with E-state index in [1.807, 2.05) is 46.8 Å². The van der Waals surface area contributed by atoms with Crippen LogP contribution in [0.2, 0.25) is 0 Å². The minimum atomic E-state index is 0.974. The van der Waals surface area contributed by atoms with Crippen molar-refractivity contribution in [2.75, 3.05) is 0 Å². The number of hydrogen-bond acceptors (Lipinski definition) is 0. The van der Waals surface area contributed by atoms with Gasteiger partial charge in [-0.3, -0.25) is 0 Å². The van der Waals surface area contributed by atoms with E-state index in [1.54, 1.807) is 6.08 Å². The zero-order valence-corrected chi connectivity index (χ0v) is 21.8.